The smallest absolute Gasteiger partial charge is 0.246 e. The van der Waals surface area contributed by atoms with E-state index in [-0.39, 0.29) is 48.4 Å². The molecule has 0 aliphatic carbocycles. The molecule has 0 saturated carbocycles. The highest BCUT2D eigenvalue weighted by atomic mass is 127. The Morgan fingerprint density at radius 3 is 2.56 bits per heavy atom. The summed E-state index contributed by atoms with van der Waals surface area (Å²) in [5.41, 5.74) is 2.24. The third kappa shape index (κ3) is 5.33. The predicted octanol–water partition coefficient (Wildman–Crippen LogP) is 1.37. The topological polar surface area (TPSA) is 77.0 Å². The number of rotatable bonds is 3. The highest BCUT2D eigenvalue weighted by Gasteiger charge is 2.25. The fraction of sp³-hybridized carbons (Fsp3) is 0.526. The van der Waals surface area contributed by atoms with Gasteiger partial charge in [0.2, 0.25) is 11.8 Å². The first-order valence-corrected chi connectivity index (χ1v) is 9.19. The Balaban J connectivity index is 0.00000261. The summed E-state index contributed by atoms with van der Waals surface area (Å²) < 4.78 is 0. The molecule has 2 aliphatic heterocycles. The molecular weight excluding hydrogens is 457 g/mol. The van der Waals surface area contributed by atoms with Crippen molar-refractivity contribution in [3.8, 4) is 0 Å². The van der Waals surface area contributed by atoms with Gasteiger partial charge in [0.15, 0.2) is 5.96 Å². The van der Waals surface area contributed by atoms with Gasteiger partial charge in [-0.25, -0.2) is 0 Å². The molecule has 1 fully saturated rings. The maximum absolute atomic E-state index is 12.6. The van der Waals surface area contributed by atoms with E-state index in [9.17, 15) is 9.59 Å². The number of carbonyl (C=O) groups is 2. The van der Waals surface area contributed by atoms with Gasteiger partial charge in [0.25, 0.3) is 0 Å². The largest absolute Gasteiger partial charge is 0.354 e. The summed E-state index contributed by atoms with van der Waals surface area (Å²) in [5, 5.41) is 6.49. The molecular formula is C19H28IN5O2. The molecule has 0 radical (unpaired) electrons. The molecule has 2 N–H and O–H groups in total. The number of para-hydroxylation sites is 1. The first kappa shape index (κ1) is 21.5. The minimum atomic E-state index is 0. The monoisotopic (exact) mass is 485 g/mol. The number of nitrogens with zero attached hydrogens (tertiary/aromatic N) is 3. The fourth-order valence-corrected chi connectivity index (χ4v) is 3.58. The minimum absolute atomic E-state index is 0. The van der Waals surface area contributed by atoms with Crippen molar-refractivity contribution < 1.29 is 9.59 Å². The van der Waals surface area contributed by atoms with Crippen LogP contribution < -0.4 is 15.5 Å². The SMILES string of the molecule is CN=C(NCC(=O)N1CCc2ccccc21)NC1CCN(C(C)=O)CC1.I. The van der Waals surface area contributed by atoms with Crippen LogP contribution in [-0.4, -0.2) is 61.9 Å². The summed E-state index contributed by atoms with van der Waals surface area (Å²) in [6.07, 6.45) is 2.67. The number of piperidine rings is 1. The molecule has 27 heavy (non-hydrogen) atoms. The van der Waals surface area contributed by atoms with Crippen molar-refractivity contribution in [2.45, 2.75) is 32.2 Å². The van der Waals surface area contributed by atoms with E-state index in [1.165, 1.54) is 5.56 Å². The Labute approximate surface area is 177 Å². The quantitative estimate of drug-likeness (QED) is 0.386. The standard InChI is InChI=1S/C19H27N5O2.HI/c1-14(25)23-10-8-16(9-11-23)22-19(20-2)21-13-18(26)24-12-7-15-5-3-4-6-17(15)24;/h3-6,16H,7-13H2,1-2H3,(H2,20,21,22);1H. The van der Waals surface area contributed by atoms with Crippen molar-refractivity contribution in [3.05, 3.63) is 29.8 Å². The lowest BCUT2D eigenvalue weighted by atomic mass is 10.1. The third-order valence-electron chi connectivity index (χ3n) is 5.10. The van der Waals surface area contributed by atoms with Crippen LogP contribution in [0.5, 0.6) is 0 Å². The Kier molecular flexibility index (Phi) is 7.88. The normalized spacial score (nSPS) is 17.2. The van der Waals surface area contributed by atoms with Crippen LogP contribution >= 0.6 is 24.0 Å². The summed E-state index contributed by atoms with van der Waals surface area (Å²) in [4.78, 5) is 31.9. The predicted molar refractivity (Wildman–Crippen MR) is 118 cm³/mol. The van der Waals surface area contributed by atoms with Crippen LogP contribution in [0.25, 0.3) is 0 Å². The molecule has 2 aliphatic rings. The third-order valence-corrected chi connectivity index (χ3v) is 5.10. The van der Waals surface area contributed by atoms with Crippen molar-refractivity contribution in [3.63, 3.8) is 0 Å². The highest BCUT2D eigenvalue weighted by molar-refractivity contribution is 14.0. The molecule has 148 valence electrons. The first-order chi connectivity index (χ1) is 12.6. The number of fused-ring (bicyclic) bond motifs is 1. The molecule has 3 rings (SSSR count). The minimum Gasteiger partial charge on any atom is -0.354 e. The molecule has 2 heterocycles. The summed E-state index contributed by atoms with van der Waals surface area (Å²) in [6.45, 7) is 4.06. The van der Waals surface area contributed by atoms with Crippen LogP contribution in [0.4, 0.5) is 5.69 Å². The summed E-state index contributed by atoms with van der Waals surface area (Å²) in [7, 11) is 1.70. The van der Waals surface area contributed by atoms with Crippen molar-refractivity contribution in [2.75, 3.05) is 38.1 Å². The van der Waals surface area contributed by atoms with Crippen LogP contribution in [0.1, 0.15) is 25.3 Å². The van der Waals surface area contributed by atoms with Crippen molar-refractivity contribution in [1.82, 2.24) is 15.5 Å². The number of nitrogens with one attached hydrogen (secondary N) is 2. The highest BCUT2D eigenvalue weighted by Crippen LogP contribution is 2.27. The maximum Gasteiger partial charge on any atom is 0.246 e. The Bertz CT molecular complexity index is 701. The van der Waals surface area contributed by atoms with Gasteiger partial charge in [-0.2, -0.15) is 0 Å². The van der Waals surface area contributed by atoms with E-state index >= 15 is 0 Å². The second kappa shape index (κ2) is 9.91. The number of benzene rings is 1. The molecule has 8 heteroatoms. The van der Waals surface area contributed by atoms with Crippen molar-refractivity contribution >= 4 is 47.4 Å². The molecule has 0 bridgehead atoms. The van der Waals surface area contributed by atoms with Gasteiger partial charge in [-0.05, 0) is 30.9 Å². The van der Waals surface area contributed by atoms with E-state index in [0.29, 0.717) is 5.96 Å². The number of aliphatic imine (C=N–C) groups is 1. The van der Waals surface area contributed by atoms with Crippen LogP contribution in [0.3, 0.4) is 0 Å². The summed E-state index contributed by atoms with van der Waals surface area (Å²) >= 11 is 0. The molecule has 0 aromatic heterocycles. The lowest BCUT2D eigenvalue weighted by Gasteiger charge is -2.32. The van der Waals surface area contributed by atoms with Crippen molar-refractivity contribution in [1.29, 1.82) is 0 Å². The van der Waals surface area contributed by atoms with Gasteiger partial charge in [0.05, 0.1) is 6.54 Å². The number of likely N-dealkylation sites (tertiary alicyclic amines) is 1. The number of anilines is 1. The molecule has 0 spiro atoms. The number of guanidine groups is 1. The number of hydrogen-bond donors (Lipinski definition) is 2. The first-order valence-electron chi connectivity index (χ1n) is 9.19. The molecule has 1 aromatic rings. The molecule has 0 unspecified atom stereocenters. The number of amides is 2. The summed E-state index contributed by atoms with van der Waals surface area (Å²) in [5.74, 6) is 0.804. The number of carbonyl (C=O) groups excluding carboxylic acids is 2. The fourth-order valence-electron chi connectivity index (χ4n) is 3.58. The van der Waals surface area contributed by atoms with E-state index in [2.05, 4.69) is 21.7 Å². The van der Waals surface area contributed by atoms with Gasteiger partial charge in [-0.15, -0.1) is 24.0 Å². The van der Waals surface area contributed by atoms with E-state index in [0.717, 1.165) is 44.6 Å². The Hall–Kier alpha value is -1.84. The molecule has 1 aromatic carbocycles. The van der Waals surface area contributed by atoms with Gasteiger partial charge in [0, 0.05) is 45.3 Å². The maximum atomic E-state index is 12.6. The zero-order valence-electron chi connectivity index (χ0n) is 15.9. The van der Waals surface area contributed by atoms with E-state index in [1.54, 1.807) is 14.0 Å². The lowest BCUT2D eigenvalue weighted by molar-refractivity contribution is -0.129. The van der Waals surface area contributed by atoms with Crippen LogP contribution in [0, 0.1) is 0 Å². The molecule has 0 atom stereocenters. The van der Waals surface area contributed by atoms with Gasteiger partial charge >= 0.3 is 0 Å². The zero-order valence-corrected chi connectivity index (χ0v) is 18.2. The second-order valence-electron chi connectivity index (χ2n) is 6.77. The van der Waals surface area contributed by atoms with Crippen LogP contribution in [0.15, 0.2) is 29.3 Å². The summed E-state index contributed by atoms with van der Waals surface area (Å²) in [6, 6.07) is 8.31. The van der Waals surface area contributed by atoms with E-state index in [1.807, 2.05) is 28.0 Å². The Morgan fingerprint density at radius 1 is 1.19 bits per heavy atom. The molecule has 1 saturated heterocycles. The van der Waals surface area contributed by atoms with Gasteiger partial charge in [0.1, 0.15) is 0 Å². The second-order valence-corrected chi connectivity index (χ2v) is 6.77. The molecule has 7 nitrogen and oxygen atoms in total. The van der Waals surface area contributed by atoms with E-state index < -0.39 is 0 Å². The average molecular weight is 485 g/mol. The number of halogens is 1. The van der Waals surface area contributed by atoms with Gasteiger partial charge < -0.3 is 20.4 Å². The van der Waals surface area contributed by atoms with Gasteiger partial charge in [-0.3, -0.25) is 14.6 Å². The van der Waals surface area contributed by atoms with E-state index in [4.69, 9.17) is 0 Å². The average Bonchev–Trinajstić information content (AvgIpc) is 3.09. The van der Waals surface area contributed by atoms with Crippen molar-refractivity contribution in [2.24, 2.45) is 4.99 Å². The van der Waals surface area contributed by atoms with Crippen LogP contribution in [0.2, 0.25) is 0 Å². The lowest BCUT2D eigenvalue weighted by Crippen LogP contribution is -2.51. The molecule has 2 amide bonds. The number of hydrogen-bond acceptors (Lipinski definition) is 3. The van der Waals surface area contributed by atoms with Crippen LogP contribution in [-0.2, 0) is 16.0 Å². The van der Waals surface area contributed by atoms with Gasteiger partial charge in [-0.1, -0.05) is 18.2 Å². The Morgan fingerprint density at radius 2 is 1.89 bits per heavy atom. The zero-order chi connectivity index (χ0) is 18.5.